The fourth-order valence-corrected chi connectivity index (χ4v) is 1.62. The van der Waals surface area contributed by atoms with E-state index in [4.69, 9.17) is 34.8 Å². The van der Waals surface area contributed by atoms with Gasteiger partial charge in [-0.15, -0.1) is 0 Å². The molecule has 0 spiro atoms. The van der Waals surface area contributed by atoms with Crippen LogP contribution in [-0.2, 0) is 4.79 Å². The molecule has 0 saturated heterocycles. The summed E-state index contributed by atoms with van der Waals surface area (Å²) in [5, 5.41) is 10.1. The fourth-order valence-electron chi connectivity index (χ4n) is 1.47. The molecule has 0 saturated carbocycles. The minimum absolute atomic E-state index is 0.552. The average molecular weight is 293 g/mol. The van der Waals surface area contributed by atoms with Crippen LogP contribution in [0.2, 0.25) is 0 Å². The third kappa shape index (κ3) is 2.49. The van der Waals surface area contributed by atoms with Crippen molar-refractivity contribution in [1.29, 1.82) is 0 Å². The Hall–Kier alpha value is -0.970. The summed E-state index contributed by atoms with van der Waals surface area (Å²) in [6, 6.07) is 3.58. The van der Waals surface area contributed by atoms with Gasteiger partial charge in [-0.05, 0) is 18.6 Å². The highest BCUT2D eigenvalue weighted by atomic mass is 35.6. The first kappa shape index (κ1) is 12.5. The van der Waals surface area contributed by atoms with Crippen molar-refractivity contribution in [3.8, 4) is 0 Å². The lowest BCUT2D eigenvalue weighted by atomic mass is 10.1. The molecule has 0 atom stereocenters. The summed E-state index contributed by atoms with van der Waals surface area (Å²) >= 11 is 16.5. The van der Waals surface area contributed by atoms with Crippen molar-refractivity contribution in [2.45, 2.75) is 10.7 Å². The van der Waals surface area contributed by atoms with Crippen molar-refractivity contribution >= 4 is 57.3 Å². The largest absolute Gasteiger partial charge is 0.322 e. The smallest absolute Gasteiger partial charge is 0.276 e. The molecule has 7 heteroatoms. The topological polar surface area (TPSA) is 57.8 Å². The van der Waals surface area contributed by atoms with Crippen molar-refractivity contribution in [2.75, 3.05) is 5.32 Å². The summed E-state index contributed by atoms with van der Waals surface area (Å²) in [6.07, 6.45) is 1.61. The number of nitrogens with zero attached hydrogens (tertiary/aromatic N) is 1. The van der Waals surface area contributed by atoms with E-state index in [1.54, 1.807) is 12.3 Å². The molecule has 0 radical (unpaired) electrons. The summed E-state index contributed by atoms with van der Waals surface area (Å²) < 4.78 is -1.99. The van der Waals surface area contributed by atoms with Crippen molar-refractivity contribution in [3.63, 3.8) is 0 Å². The number of hydrogen-bond donors (Lipinski definition) is 2. The number of alkyl halides is 3. The molecule has 2 rings (SSSR count). The molecule has 0 fully saturated rings. The van der Waals surface area contributed by atoms with Crippen molar-refractivity contribution < 1.29 is 4.79 Å². The van der Waals surface area contributed by atoms with Crippen LogP contribution >= 0.6 is 34.8 Å². The number of aryl methyl sites for hydroxylation is 1. The van der Waals surface area contributed by atoms with Crippen LogP contribution in [0.15, 0.2) is 18.3 Å². The van der Waals surface area contributed by atoms with Gasteiger partial charge in [-0.25, -0.2) is 0 Å². The van der Waals surface area contributed by atoms with Gasteiger partial charge in [0.05, 0.1) is 17.4 Å². The number of aromatic nitrogens is 2. The molecule has 0 bridgehead atoms. The zero-order valence-corrected chi connectivity index (χ0v) is 11.0. The van der Waals surface area contributed by atoms with Crippen LogP contribution in [0.1, 0.15) is 5.56 Å². The van der Waals surface area contributed by atoms with E-state index < -0.39 is 9.70 Å². The molecule has 4 nitrogen and oxygen atoms in total. The number of hydrogen-bond acceptors (Lipinski definition) is 2. The first-order valence-corrected chi connectivity index (χ1v) is 5.84. The van der Waals surface area contributed by atoms with E-state index in [0.717, 1.165) is 16.5 Å². The van der Waals surface area contributed by atoms with E-state index in [1.807, 2.05) is 13.0 Å². The highest BCUT2D eigenvalue weighted by molar-refractivity contribution is 6.76. The summed E-state index contributed by atoms with van der Waals surface area (Å²) in [7, 11) is 0. The number of amides is 1. The second-order valence-electron chi connectivity index (χ2n) is 3.54. The quantitative estimate of drug-likeness (QED) is 0.793. The summed E-state index contributed by atoms with van der Waals surface area (Å²) in [4.78, 5) is 11.5. The van der Waals surface area contributed by atoms with E-state index >= 15 is 0 Å². The normalized spacial score (nSPS) is 11.8. The molecule has 1 aromatic heterocycles. The molecule has 0 aliphatic rings. The Kier molecular flexibility index (Phi) is 3.21. The standard InChI is InChI=1S/C10H8Cl3N3O/c1-5-2-3-7(6-4-14-16-8(5)6)15-9(17)10(11,12)13/h2-4H,1H3,(H,14,16)(H,15,17). The molecule has 2 N–H and O–H groups in total. The average Bonchev–Trinajstić information content (AvgIpc) is 2.70. The number of nitrogens with one attached hydrogen (secondary N) is 2. The van der Waals surface area contributed by atoms with Crippen LogP contribution in [0.4, 0.5) is 5.69 Å². The number of aromatic amines is 1. The zero-order chi connectivity index (χ0) is 12.6. The minimum Gasteiger partial charge on any atom is -0.322 e. The maximum atomic E-state index is 11.5. The first-order chi connectivity index (χ1) is 7.89. The number of carbonyl (C=O) groups excluding carboxylic acids is 1. The predicted molar refractivity (Wildman–Crippen MR) is 69.8 cm³/mol. The van der Waals surface area contributed by atoms with Gasteiger partial charge in [0.15, 0.2) is 0 Å². The maximum Gasteiger partial charge on any atom is 0.276 e. The van der Waals surface area contributed by atoms with E-state index in [2.05, 4.69) is 15.5 Å². The fraction of sp³-hybridized carbons (Fsp3) is 0.200. The molecule has 1 heterocycles. The monoisotopic (exact) mass is 291 g/mol. The van der Waals surface area contributed by atoms with E-state index in [0.29, 0.717) is 5.69 Å². The number of fused-ring (bicyclic) bond motifs is 1. The van der Waals surface area contributed by atoms with E-state index in [1.165, 1.54) is 0 Å². The second-order valence-corrected chi connectivity index (χ2v) is 5.82. The number of halogens is 3. The van der Waals surface area contributed by atoms with Gasteiger partial charge in [0.2, 0.25) is 0 Å². The van der Waals surface area contributed by atoms with Gasteiger partial charge in [0, 0.05) is 5.39 Å². The van der Waals surface area contributed by atoms with Crippen molar-refractivity contribution in [2.24, 2.45) is 0 Å². The van der Waals surface area contributed by atoms with Gasteiger partial charge in [-0.3, -0.25) is 9.89 Å². The number of rotatable bonds is 1. The van der Waals surface area contributed by atoms with Crippen LogP contribution in [0, 0.1) is 6.92 Å². The summed E-state index contributed by atoms with van der Waals surface area (Å²) in [6.45, 7) is 1.93. The molecule has 0 aliphatic carbocycles. The van der Waals surface area contributed by atoms with Gasteiger partial charge in [-0.1, -0.05) is 40.9 Å². The Balaban J connectivity index is 2.41. The predicted octanol–water partition coefficient (Wildman–Crippen LogP) is 3.18. The van der Waals surface area contributed by atoms with Crippen LogP contribution < -0.4 is 5.32 Å². The highest BCUT2D eigenvalue weighted by Gasteiger charge is 2.31. The van der Waals surface area contributed by atoms with Crippen molar-refractivity contribution in [1.82, 2.24) is 10.2 Å². The second kappa shape index (κ2) is 4.37. The lowest BCUT2D eigenvalue weighted by Gasteiger charge is -2.12. The Morgan fingerprint density at radius 2 is 2.12 bits per heavy atom. The SMILES string of the molecule is Cc1ccc(NC(=O)C(Cl)(Cl)Cl)c2cn[nH]c12. The molecule has 1 aromatic carbocycles. The maximum absolute atomic E-state index is 11.5. The van der Waals surface area contributed by atoms with Gasteiger partial charge >= 0.3 is 0 Å². The molecular formula is C10H8Cl3N3O. The third-order valence-electron chi connectivity index (χ3n) is 2.33. The minimum atomic E-state index is -1.99. The number of benzene rings is 1. The molecule has 1 amide bonds. The molecule has 90 valence electrons. The highest BCUT2D eigenvalue weighted by Crippen LogP contribution is 2.30. The molecule has 0 aliphatic heterocycles. The summed E-state index contributed by atoms with van der Waals surface area (Å²) in [5.74, 6) is -0.700. The van der Waals surface area contributed by atoms with E-state index in [9.17, 15) is 4.79 Å². The van der Waals surface area contributed by atoms with Gasteiger partial charge in [0.25, 0.3) is 9.70 Å². The Labute approximate surface area is 112 Å². The first-order valence-electron chi connectivity index (χ1n) is 4.70. The zero-order valence-electron chi connectivity index (χ0n) is 8.72. The van der Waals surface area contributed by atoms with Crippen LogP contribution in [0.5, 0.6) is 0 Å². The summed E-state index contributed by atoms with van der Waals surface area (Å²) in [5.41, 5.74) is 2.41. The number of anilines is 1. The molecule has 2 aromatic rings. The Morgan fingerprint density at radius 3 is 2.76 bits per heavy atom. The number of H-pyrrole nitrogens is 1. The lowest BCUT2D eigenvalue weighted by Crippen LogP contribution is -2.26. The Bertz CT molecular complexity index is 574. The van der Waals surface area contributed by atoms with Crippen molar-refractivity contribution in [3.05, 3.63) is 23.9 Å². The van der Waals surface area contributed by atoms with Crippen LogP contribution in [0.25, 0.3) is 10.9 Å². The number of carbonyl (C=O) groups is 1. The van der Waals surface area contributed by atoms with Crippen LogP contribution in [-0.4, -0.2) is 19.9 Å². The van der Waals surface area contributed by atoms with Gasteiger partial charge < -0.3 is 5.32 Å². The molecule has 17 heavy (non-hydrogen) atoms. The van der Waals surface area contributed by atoms with Gasteiger partial charge in [-0.2, -0.15) is 5.10 Å². The molecule has 0 unspecified atom stereocenters. The lowest BCUT2D eigenvalue weighted by molar-refractivity contribution is -0.115. The Morgan fingerprint density at radius 1 is 1.41 bits per heavy atom. The van der Waals surface area contributed by atoms with Gasteiger partial charge in [0.1, 0.15) is 0 Å². The third-order valence-corrected chi connectivity index (χ3v) is 2.84. The van der Waals surface area contributed by atoms with E-state index in [-0.39, 0.29) is 0 Å². The molecular weight excluding hydrogens is 284 g/mol. The van der Waals surface area contributed by atoms with Crippen LogP contribution in [0.3, 0.4) is 0 Å².